The van der Waals surface area contributed by atoms with Gasteiger partial charge >= 0.3 is 0 Å². The van der Waals surface area contributed by atoms with Crippen molar-refractivity contribution < 1.29 is 14.9 Å². The SMILES string of the molecule is Oc1ccc([C@@H]2Oc3cc(O)ccc3[C@@H]3CCC[C@@H]32)cc1. The summed E-state index contributed by atoms with van der Waals surface area (Å²) >= 11 is 0. The van der Waals surface area contributed by atoms with Gasteiger partial charge in [-0.3, -0.25) is 0 Å². The minimum atomic E-state index is 0.00685. The number of benzene rings is 2. The van der Waals surface area contributed by atoms with Gasteiger partial charge in [-0.05, 0) is 48.1 Å². The molecule has 0 saturated heterocycles. The van der Waals surface area contributed by atoms with Crippen molar-refractivity contribution in [3.05, 3.63) is 53.6 Å². The molecule has 4 rings (SSSR count). The minimum Gasteiger partial charge on any atom is -0.508 e. The summed E-state index contributed by atoms with van der Waals surface area (Å²) in [6, 6.07) is 12.8. The highest BCUT2D eigenvalue weighted by molar-refractivity contribution is 5.45. The molecule has 0 aromatic heterocycles. The van der Waals surface area contributed by atoms with E-state index in [1.165, 1.54) is 18.4 Å². The molecule has 2 aromatic carbocycles. The Labute approximate surface area is 123 Å². The third kappa shape index (κ3) is 2.04. The first-order valence-corrected chi connectivity index (χ1v) is 7.51. The molecule has 3 atom stereocenters. The van der Waals surface area contributed by atoms with E-state index < -0.39 is 0 Å². The molecule has 0 spiro atoms. The molecule has 0 radical (unpaired) electrons. The van der Waals surface area contributed by atoms with Crippen molar-refractivity contribution in [3.8, 4) is 17.2 Å². The molecule has 2 aliphatic rings. The zero-order valence-electron chi connectivity index (χ0n) is 11.7. The van der Waals surface area contributed by atoms with Crippen molar-refractivity contribution in [2.45, 2.75) is 31.3 Å². The summed E-state index contributed by atoms with van der Waals surface area (Å²) in [5.41, 5.74) is 2.32. The lowest BCUT2D eigenvalue weighted by atomic mass is 9.80. The van der Waals surface area contributed by atoms with E-state index in [2.05, 4.69) is 0 Å². The Hall–Kier alpha value is -2.16. The van der Waals surface area contributed by atoms with Crippen LogP contribution in [0.15, 0.2) is 42.5 Å². The fraction of sp³-hybridized carbons (Fsp3) is 0.333. The number of hydrogen-bond acceptors (Lipinski definition) is 3. The summed E-state index contributed by atoms with van der Waals surface area (Å²) in [7, 11) is 0. The largest absolute Gasteiger partial charge is 0.508 e. The van der Waals surface area contributed by atoms with Crippen LogP contribution in [-0.4, -0.2) is 10.2 Å². The van der Waals surface area contributed by atoms with Crippen LogP contribution in [0.1, 0.15) is 42.4 Å². The van der Waals surface area contributed by atoms with E-state index in [9.17, 15) is 10.2 Å². The second-order valence-electron chi connectivity index (χ2n) is 6.05. The van der Waals surface area contributed by atoms with Crippen LogP contribution in [-0.2, 0) is 0 Å². The summed E-state index contributed by atoms with van der Waals surface area (Å²) in [5.74, 6) is 2.31. The van der Waals surface area contributed by atoms with Gasteiger partial charge < -0.3 is 14.9 Å². The van der Waals surface area contributed by atoms with Crippen LogP contribution in [0.25, 0.3) is 0 Å². The number of hydrogen-bond donors (Lipinski definition) is 2. The summed E-state index contributed by atoms with van der Waals surface area (Å²) < 4.78 is 6.21. The summed E-state index contributed by atoms with van der Waals surface area (Å²) in [6.45, 7) is 0. The Morgan fingerprint density at radius 1 is 0.905 bits per heavy atom. The maximum Gasteiger partial charge on any atom is 0.127 e. The zero-order chi connectivity index (χ0) is 14.4. The van der Waals surface area contributed by atoms with Gasteiger partial charge in [-0.1, -0.05) is 24.6 Å². The lowest BCUT2D eigenvalue weighted by Gasteiger charge is -2.36. The first-order chi connectivity index (χ1) is 10.2. The fourth-order valence-electron chi connectivity index (χ4n) is 3.87. The lowest BCUT2D eigenvalue weighted by Crippen LogP contribution is -2.26. The van der Waals surface area contributed by atoms with Crippen LogP contribution >= 0.6 is 0 Å². The third-order valence-corrected chi connectivity index (χ3v) is 4.83. The Morgan fingerprint density at radius 2 is 1.67 bits per heavy atom. The van der Waals surface area contributed by atoms with Gasteiger partial charge in [0.1, 0.15) is 23.4 Å². The van der Waals surface area contributed by atoms with Crippen molar-refractivity contribution in [1.82, 2.24) is 0 Å². The summed E-state index contributed by atoms with van der Waals surface area (Å²) in [5, 5.41) is 19.2. The van der Waals surface area contributed by atoms with Gasteiger partial charge in [0.25, 0.3) is 0 Å². The van der Waals surface area contributed by atoms with Crippen LogP contribution in [0, 0.1) is 5.92 Å². The predicted octanol–water partition coefficient (Wildman–Crippen LogP) is 4.12. The molecule has 0 unspecified atom stereocenters. The van der Waals surface area contributed by atoms with E-state index >= 15 is 0 Å². The Bertz CT molecular complexity index is 663. The average molecular weight is 282 g/mol. The number of fused-ring (bicyclic) bond motifs is 3. The molecule has 1 saturated carbocycles. The van der Waals surface area contributed by atoms with Crippen molar-refractivity contribution >= 4 is 0 Å². The van der Waals surface area contributed by atoms with Crippen molar-refractivity contribution in [3.63, 3.8) is 0 Å². The van der Waals surface area contributed by atoms with E-state index in [1.54, 1.807) is 24.3 Å². The normalized spacial score (nSPS) is 26.8. The number of phenolic OH excluding ortho intramolecular Hbond substituents is 2. The third-order valence-electron chi connectivity index (χ3n) is 4.83. The highest BCUT2D eigenvalue weighted by atomic mass is 16.5. The topological polar surface area (TPSA) is 49.7 Å². The smallest absolute Gasteiger partial charge is 0.127 e. The number of aromatic hydroxyl groups is 2. The van der Waals surface area contributed by atoms with Crippen LogP contribution in [0.5, 0.6) is 17.2 Å². The highest BCUT2D eigenvalue weighted by Gasteiger charge is 2.41. The van der Waals surface area contributed by atoms with Gasteiger partial charge in [0.15, 0.2) is 0 Å². The molecule has 0 amide bonds. The Kier molecular flexibility index (Phi) is 2.81. The molecule has 1 heterocycles. The van der Waals surface area contributed by atoms with Crippen LogP contribution in [0.2, 0.25) is 0 Å². The number of phenols is 2. The second-order valence-corrected chi connectivity index (χ2v) is 6.05. The molecule has 3 heteroatoms. The van der Waals surface area contributed by atoms with E-state index in [-0.39, 0.29) is 17.6 Å². The van der Waals surface area contributed by atoms with Crippen molar-refractivity contribution in [2.75, 3.05) is 0 Å². The molecule has 21 heavy (non-hydrogen) atoms. The molecule has 1 aliphatic heterocycles. The zero-order valence-corrected chi connectivity index (χ0v) is 11.7. The number of rotatable bonds is 1. The fourth-order valence-corrected chi connectivity index (χ4v) is 3.87. The minimum absolute atomic E-state index is 0.00685. The molecule has 1 aliphatic carbocycles. The molecule has 108 valence electrons. The van der Waals surface area contributed by atoms with Gasteiger partial charge in [-0.15, -0.1) is 0 Å². The van der Waals surface area contributed by atoms with E-state index in [0.717, 1.165) is 17.7 Å². The van der Waals surface area contributed by atoms with E-state index in [4.69, 9.17) is 4.74 Å². The van der Waals surface area contributed by atoms with Crippen LogP contribution < -0.4 is 4.74 Å². The standard InChI is InChI=1S/C18H18O3/c19-12-6-4-11(5-7-12)18-16-3-1-2-14(16)15-9-8-13(20)10-17(15)21-18/h4-10,14,16,18-20H,1-3H2/t14-,16-,18-/m0/s1. The van der Waals surface area contributed by atoms with Gasteiger partial charge in [0.05, 0.1) is 0 Å². The predicted molar refractivity (Wildman–Crippen MR) is 79.7 cm³/mol. The van der Waals surface area contributed by atoms with Gasteiger partial charge in [-0.25, -0.2) is 0 Å². The van der Waals surface area contributed by atoms with Gasteiger partial charge in [0, 0.05) is 12.0 Å². The average Bonchev–Trinajstić information content (AvgIpc) is 2.96. The van der Waals surface area contributed by atoms with Crippen molar-refractivity contribution in [1.29, 1.82) is 0 Å². The lowest BCUT2D eigenvalue weighted by molar-refractivity contribution is 0.104. The molecule has 2 aromatic rings. The van der Waals surface area contributed by atoms with E-state index in [0.29, 0.717) is 11.8 Å². The second kappa shape index (κ2) is 4.69. The first-order valence-electron chi connectivity index (χ1n) is 7.51. The maximum atomic E-state index is 9.71. The number of ether oxygens (including phenoxy) is 1. The Morgan fingerprint density at radius 3 is 2.48 bits per heavy atom. The molecule has 1 fully saturated rings. The molecule has 2 N–H and O–H groups in total. The highest BCUT2D eigenvalue weighted by Crippen LogP contribution is 2.54. The van der Waals surface area contributed by atoms with Gasteiger partial charge in [0.2, 0.25) is 0 Å². The molecular formula is C18H18O3. The maximum absolute atomic E-state index is 9.71. The van der Waals surface area contributed by atoms with Crippen LogP contribution in [0.3, 0.4) is 0 Å². The quantitative estimate of drug-likeness (QED) is 0.827. The first kappa shape index (κ1) is 12.6. The molecular weight excluding hydrogens is 264 g/mol. The monoisotopic (exact) mass is 282 g/mol. The molecule has 0 bridgehead atoms. The molecule has 3 nitrogen and oxygen atoms in total. The van der Waals surface area contributed by atoms with Crippen LogP contribution in [0.4, 0.5) is 0 Å². The summed E-state index contributed by atoms with van der Waals surface area (Å²) in [4.78, 5) is 0. The Balaban J connectivity index is 1.77. The van der Waals surface area contributed by atoms with Crippen molar-refractivity contribution in [2.24, 2.45) is 5.92 Å². The summed E-state index contributed by atoms with van der Waals surface area (Å²) in [6.07, 6.45) is 3.57. The van der Waals surface area contributed by atoms with E-state index in [1.807, 2.05) is 18.2 Å². The van der Waals surface area contributed by atoms with Gasteiger partial charge in [-0.2, -0.15) is 0 Å².